The lowest BCUT2D eigenvalue weighted by Gasteiger charge is -2.20. The SMILES string of the molecule is CCOC(CC)c1nc(C2CC2)c(CNC(C)(C)C)s1. The Bertz CT molecular complexity index is 432. The number of rotatable bonds is 7. The van der Waals surface area contributed by atoms with Gasteiger partial charge in [-0.2, -0.15) is 0 Å². The Morgan fingerprint density at radius 1 is 1.35 bits per heavy atom. The molecule has 0 saturated heterocycles. The van der Waals surface area contributed by atoms with Crippen molar-refractivity contribution in [2.45, 2.75) is 78.0 Å². The molecule has 1 fully saturated rings. The predicted molar refractivity (Wildman–Crippen MR) is 85.3 cm³/mol. The molecule has 1 aliphatic rings. The van der Waals surface area contributed by atoms with Gasteiger partial charge in [-0.1, -0.05) is 6.92 Å². The second-order valence-electron chi connectivity index (χ2n) is 6.59. The Hall–Kier alpha value is -0.450. The summed E-state index contributed by atoms with van der Waals surface area (Å²) in [4.78, 5) is 6.33. The maximum Gasteiger partial charge on any atom is 0.122 e. The smallest absolute Gasteiger partial charge is 0.122 e. The van der Waals surface area contributed by atoms with Gasteiger partial charge in [0.05, 0.1) is 5.69 Å². The van der Waals surface area contributed by atoms with Crippen LogP contribution >= 0.6 is 11.3 Å². The lowest BCUT2D eigenvalue weighted by atomic mass is 10.1. The molecule has 1 unspecified atom stereocenters. The summed E-state index contributed by atoms with van der Waals surface area (Å²) in [5.74, 6) is 0.705. The van der Waals surface area contributed by atoms with E-state index in [-0.39, 0.29) is 11.6 Å². The molecule has 1 heterocycles. The van der Waals surface area contributed by atoms with Crippen LogP contribution < -0.4 is 5.32 Å². The lowest BCUT2D eigenvalue weighted by Crippen LogP contribution is -2.35. The number of nitrogens with one attached hydrogen (secondary N) is 1. The van der Waals surface area contributed by atoms with Crippen molar-refractivity contribution >= 4 is 11.3 Å². The van der Waals surface area contributed by atoms with Crippen LogP contribution in [0.15, 0.2) is 0 Å². The molecule has 114 valence electrons. The highest BCUT2D eigenvalue weighted by Crippen LogP contribution is 2.44. The van der Waals surface area contributed by atoms with E-state index in [9.17, 15) is 0 Å². The molecule has 3 nitrogen and oxygen atoms in total. The summed E-state index contributed by atoms with van der Waals surface area (Å²) in [6.45, 7) is 12.5. The van der Waals surface area contributed by atoms with Gasteiger partial charge in [-0.3, -0.25) is 0 Å². The molecule has 4 heteroatoms. The minimum absolute atomic E-state index is 0.148. The van der Waals surface area contributed by atoms with Gasteiger partial charge in [0.2, 0.25) is 0 Å². The molecule has 2 rings (SSSR count). The third-order valence-electron chi connectivity index (χ3n) is 3.50. The van der Waals surface area contributed by atoms with Gasteiger partial charge in [0.1, 0.15) is 11.1 Å². The highest BCUT2D eigenvalue weighted by molar-refractivity contribution is 7.11. The first-order valence-corrected chi connectivity index (χ1v) is 8.62. The minimum Gasteiger partial charge on any atom is -0.371 e. The van der Waals surface area contributed by atoms with Gasteiger partial charge in [-0.15, -0.1) is 11.3 Å². The van der Waals surface area contributed by atoms with E-state index in [4.69, 9.17) is 9.72 Å². The average Bonchev–Trinajstić information content (AvgIpc) is 3.13. The Morgan fingerprint density at radius 2 is 2.05 bits per heavy atom. The first-order valence-electron chi connectivity index (χ1n) is 7.80. The van der Waals surface area contributed by atoms with Gasteiger partial charge in [-0.05, 0) is 47.0 Å². The van der Waals surface area contributed by atoms with Crippen LogP contribution in [0.2, 0.25) is 0 Å². The first kappa shape index (κ1) is 15.9. The summed E-state index contributed by atoms with van der Waals surface area (Å²) in [6.07, 6.45) is 3.78. The van der Waals surface area contributed by atoms with Crippen LogP contribution in [0.25, 0.3) is 0 Å². The summed E-state index contributed by atoms with van der Waals surface area (Å²) in [7, 11) is 0. The van der Waals surface area contributed by atoms with E-state index in [2.05, 4.69) is 39.9 Å². The Balaban J connectivity index is 2.15. The van der Waals surface area contributed by atoms with Gasteiger partial charge < -0.3 is 10.1 Å². The van der Waals surface area contributed by atoms with Gasteiger partial charge in [-0.25, -0.2) is 4.98 Å². The van der Waals surface area contributed by atoms with Gasteiger partial charge in [0.25, 0.3) is 0 Å². The normalized spacial score (nSPS) is 17.4. The fourth-order valence-corrected chi connectivity index (χ4v) is 3.46. The Kier molecular flexibility index (Phi) is 5.21. The van der Waals surface area contributed by atoms with Crippen LogP contribution in [0.1, 0.15) is 81.5 Å². The molecule has 0 aromatic carbocycles. The third-order valence-corrected chi connectivity index (χ3v) is 4.66. The van der Waals surface area contributed by atoms with E-state index in [0.29, 0.717) is 5.92 Å². The number of ether oxygens (including phenoxy) is 1. The second-order valence-corrected chi connectivity index (χ2v) is 7.71. The van der Waals surface area contributed by atoms with Crippen molar-refractivity contribution in [2.75, 3.05) is 6.61 Å². The topological polar surface area (TPSA) is 34.1 Å². The van der Waals surface area contributed by atoms with E-state index >= 15 is 0 Å². The molecular weight excluding hydrogens is 268 g/mol. The first-order chi connectivity index (χ1) is 9.44. The van der Waals surface area contributed by atoms with Crippen molar-refractivity contribution in [1.29, 1.82) is 0 Å². The van der Waals surface area contributed by atoms with Crippen LogP contribution in [-0.4, -0.2) is 17.1 Å². The molecule has 0 aliphatic heterocycles. The fourth-order valence-electron chi connectivity index (χ4n) is 2.23. The standard InChI is InChI=1S/C16H28N2OS/c1-6-12(19-7-2)15-18-14(11-8-9-11)13(20-15)10-17-16(3,4)5/h11-12,17H,6-10H2,1-5H3. The highest BCUT2D eigenvalue weighted by atomic mass is 32.1. The number of hydrogen-bond acceptors (Lipinski definition) is 4. The fraction of sp³-hybridized carbons (Fsp3) is 0.812. The monoisotopic (exact) mass is 296 g/mol. The maximum absolute atomic E-state index is 5.82. The van der Waals surface area contributed by atoms with Crippen molar-refractivity contribution in [3.8, 4) is 0 Å². The quantitative estimate of drug-likeness (QED) is 0.810. The zero-order valence-electron chi connectivity index (χ0n) is 13.5. The summed E-state index contributed by atoms with van der Waals surface area (Å²) < 4.78 is 5.82. The molecule has 1 aromatic heterocycles. The summed E-state index contributed by atoms with van der Waals surface area (Å²) >= 11 is 1.84. The van der Waals surface area contributed by atoms with Crippen molar-refractivity contribution in [2.24, 2.45) is 0 Å². The van der Waals surface area contributed by atoms with Crippen LogP contribution in [0, 0.1) is 0 Å². The zero-order chi connectivity index (χ0) is 14.8. The van der Waals surface area contributed by atoms with Crippen LogP contribution in [0.3, 0.4) is 0 Å². The molecule has 0 spiro atoms. The second kappa shape index (κ2) is 6.54. The zero-order valence-corrected chi connectivity index (χ0v) is 14.3. The number of hydrogen-bond donors (Lipinski definition) is 1. The van der Waals surface area contributed by atoms with E-state index in [0.717, 1.165) is 19.6 Å². The van der Waals surface area contributed by atoms with Crippen molar-refractivity contribution < 1.29 is 4.74 Å². The molecule has 0 bridgehead atoms. The molecule has 1 atom stereocenters. The summed E-state index contributed by atoms with van der Waals surface area (Å²) in [5, 5.41) is 4.76. The molecule has 1 aliphatic carbocycles. The van der Waals surface area contributed by atoms with Crippen molar-refractivity contribution in [3.63, 3.8) is 0 Å². The lowest BCUT2D eigenvalue weighted by molar-refractivity contribution is 0.0595. The van der Waals surface area contributed by atoms with Gasteiger partial charge >= 0.3 is 0 Å². The largest absolute Gasteiger partial charge is 0.371 e. The predicted octanol–water partition coefficient (Wildman–Crippen LogP) is 4.40. The maximum atomic E-state index is 5.82. The number of aromatic nitrogens is 1. The molecule has 1 saturated carbocycles. The van der Waals surface area contributed by atoms with Crippen LogP contribution in [0.4, 0.5) is 0 Å². The number of nitrogens with zero attached hydrogens (tertiary/aromatic N) is 1. The molecule has 1 N–H and O–H groups in total. The summed E-state index contributed by atoms with van der Waals surface area (Å²) in [5.41, 5.74) is 1.48. The van der Waals surface area contributed by atoms with Crippen LogP contribution in [-0.2, 0) is 11.3 Å². The van der Waals surface area contributed by atoms with Crippen molar-refractivity contribution in [3.05, 3.63) is 15.6 Å². The Morgan fingerprint density at radius 3 is 2.55 bits per heavy atom. The van der Waals surface area contributed by atoms with E-state index in [1.807, 2.05) is 11.3 Å². The summed E-state index contributed by atoms with van der Waals surface area (Å²) in [6, 6.07) is 0. The average molecular weight is 296 g/mol. The number of thiazole rings is 1. The third kappa shape index (κ3) is 4.27. The van der Waals surface area contributed by atoms with Crippen molar-refractivity contribution in [1.82, 2.24) is 10.3 Å². The van der Waals surface area contributed by atoms with E-state index in [1.165, 1.54) is 28.4 Å². The van der Waals surface area contributed by atoms with E-state index < -0.39 is 0 Å². The molecule has 20 heavy (non-hydrogen) atoms. The molecule has 0 radical (unpaired) electrons. The highest BCUT2D eigenvalue weighted by Gasteiger charge is 2.31. The minimum atomic E-state index is 0.148. The Labute approximate surface area is 127 Å². The molecule has 0 amide bonds. The van der Waals surface area contributed by atoms with E-state index in [1.54, 1.807) is 0 Å². The van der Waals surface area contributed by atoms with Gasteiger partial charge in [0, 0.05) is 29.5 Å². The van der Waals surface area contributed by atoms with Crippen LogP contribution in [0.5, 0.6) is 0 Å². The molecular formula is C16H28N2OS. The van der Waals surface area contributed by atoms with Gasteiger partial charge in [0.15, 0.2) is 0 Å². The molecule has 1 aromatic rings.